The number of carbonyl (C=O) groups excluding carboxylic acids is 1. The van der Waals surface area contributed by atoms with E-state index in [1.165, 1.54) is 0 Å². The average Bonchev–Trinajstić information content (AvgIpc) is 2.45. The molecular formula is C15H16ClN3O2. The second kappa shape index (κ2) is 6.45. The third-order valence-corrected chi connectivity index (χ3v) is 3.21. The normalized spacial score (nSPS) is 10.2. The van der Waals surface area contributed by atoms with Crippen LogP contribution in [0.4, 0.5) is 11.4 Å². The summed E-state index contributed by atoms with van der Waals surface area (Å²) in [6.45, 7) is 4.23. The summed E-state index contributed by atoms with van der Waals surface area (Å²) in [6, 6.07) is 6.66. The molecule has 0 aliphatic rings. The van der Waals surface area contributed by atoms with E-state index in [0.29, 0.717) is 29.3 Å². The van der Waals surface area contributed by atoms with Gasteiger partial charge in [-0.05, 0) is 43.7 Å². The summed E-state index contributed by atoms with van der Waals surface area (Å²) in [4.78, 5) is 16.2. The van der Waals surface area contributed by atoms with E-state index in [-0.39, 0.29) is 11.1 Å². The maximum atomic E-state index is 12.2. The van der Waals surface area contributed by atoms with Gasteiger partial charge in [0.1, 0.15) is 5.75 Å². The minimum absolute atomic E-state index is 0.252. The van der Waals surface area contributed by atoms with Crippen LogP contribution in [0.1, 0.15) is 22.8 Å². The highest BCUT2D eigenvalue weighted by molar-refractivity contribution is 6.32. The molecule has 1 aromatic carbocycles. The van der Waals surface area contributed by atoms with E-state index >= 15 is 0 Å². The molecular weight excluding hydrogens is 290 g/mol. The number of nitrogen functional groups attached to an aromatic ring is 1. The summed E-state index contributed by atoms with van der Waals surface area (Å²) >= 11 is 5.99. The molecule has 1 amide bonds. The van der Waals surface area contributed by atoms with Crippen LogP contribution >= 0.6 is 11.6 Å². The van der Waals surface area contributed by atoms with Crippen LogP contribution in [0.3, 0.4) is 0 Å². The Labute approximate surface area is 128 Å². The highest BCUT2D eigenvalue weighted by Crippen LogP contribution is 2.26. The summed E-state index contributed by atoms with van der Waals surface area (Å²) in [5.41, 5.74) is 8.03. The van der Waals surface area contributed by atoms with Gasteiger partial charge in [-0.2, -0.15) is 0 Å². The van der Waals surface area contributed by atoms with Crippen LogP contribution in [0.25, 0.3) is 0 Å². The molecule has 0 saturated heterocycles. The summed E-state index contributed by atoms with van der Waals surface area (Å²) in [7, 11) is 0. The quantitative estimate of drug-likeness (QED) is 0.671. The van der Waals surface area contributed by atoms with E-state index in [0.717, 1.165) is 5.56 Å². The lowest BCUT2D eigenvalue weighted by atomic mass is 10.1. The number of halogens is 1. The first-order valence-electron chi connectivity index (χ1n) is 6.47. The number of nitrogens with one attached hydrogen (secondary N) is 1. The molecule has 21 heavy (non-hydrogen) atoms. The van der Waals surface area contributed by atoms with Crippen LogP contribution in [0, 0.1) is 6.92 Å². The predicted molar refractivity (Wildman–Crippen MR) is 84.0 cm³/mol. The molecule has 0 bridgehead atoms. The van der Waals surface area contributed by atoms with E-state index in [1.54, 1.807) is 30.5 Å². The lowest BCUT2D eigenvalue weighted by molar-refractivity contribution is 0.102. The molecule has 2 aromatic rings. The highest BCUT2D eigenvalue weighted by Gasteiger charge is 2.12. The zero-order valence-corrected chi connectivity index (χ0v) is 12.6. The molecule has 3 N–H and O–H groups in total. The maximum Gasteiger partial charge on any atom is 0.255 e. The van der Waals surface area contributed by atoms with Crippen molar-refractivity contribution in [1.29, 1.82) is 0 Å². The van der Waals surface area contributed by atoms with Gasteiger partial charge in [-0.3, -0.25) is 4.79 Å². The fourth-order valence-corrected chi connectivity index (χ4v) is 2.09. The van der Waals surface area contributed by atoms with Crippen LogP contribution in [-0.2, 0) is 0 Å². The number of aryl methyl sites for hydroxylation is 1. The van der Waals surface area contributed by atoms with Gasteiger partial charge in [0.2, 0.25) is 0 Å². The highest BCUT2D eigenvalue weighted by atomic mass is 35.5. The number of hydrogen-bond donors (Lipinski definition) is 2. The molecule has 0 atom stereocenters. The molecule has 6 heteroatoms. The Morgan fingerprint density at radius 1 is 1.43 bits per heavy atom. The number of nitrogens with zero attached hydrogens (tertiary/aromatic N) is 1. The predicted octanol–water partition coefficient (Wildman–Crippen LogP) is 3.28. The van der Waals surface area contributed by atoms with Crippen molar-refractivity contribution >= 4 is 28.9 Å². The van der Waals surface area contributed by atoms with Crippen molar-refractivity contribution < 1.29 is 9.53 Å². The molecule has 1 heterocycles. The minimum atomic E-state index is -0.303. The number of hydrogen-bond acceptors (Lipinski definition) is 4. The number of ether oxygens (including phenoxy) is 1. The fourth-order valence-electron chi connectivity index (χ4n) is 1.84. The van der Waals surface area contributed by atoms with Crippen molar-refractivity contribution in [3.8, 4) is 5.75 Å². The fraction of sp³-hybridized carbons (Fsp3) is 0.200. The Balaban J connectivity index is 2.23. The summed E-state index contributed by atoms with van der Waals surface area (Å²) in [5.74, 6) is 0.257. The Bertz CT molecular complexity index is 654. The zero-order valence-electron chi connectivity index (χ0n) is 11.8. The third-order valence-electron chi connectivity index (χ3n) is 2.92. The lowest BCUT2D eigenvalue weighted by Gasteiger charge is -2.11. The topological polar surface area (TPSA) is 77.2 Å². The van der Waals surface area contributed by atoms with Gasteiger partial charge in [-0.15, -0.1) is 0 Å². The monoisotopic (exact) mass is 305 g/mol. The number of pyridine rings is 1. The number of anilines is 2. The standard InChI is InChI=1S/C15H16ClN3O2/c1-3-21-12-5-4-10(8-11(12)17)15(20)19-13-9(2)6-7-18-14(13)16/h4-8H,3,17H2,1-2H3,(H,19,20). The maximum absolute atomic E-state index is 12.2. The van der Waals surface area contributed by atoms with Gasteiger partial charge < -0.3 is 15.8 Å². The second-order valence-electron chi connectivity index (χ2n) is 4.43. The minimum Gasteiger partial charge on any atom is -0.492 e. The first kappa shape index (κ1) is 15.1. The molecule has 0 saturated carbocycles. The smallest absolute Gasteiger partial charge is 0.255 e. The van der Waals surface area contributed by atoms with E-state index < -0.39 is 0 Å². The van der Waals surface area contributed by atoms with Gasteiger partial charge in [0.25, 0.3) is 5.91 Å². The second-order valence-corrected chi connectivity index (χ2v) is 4.79. The Hall–Kier alpha value is -2.27. The molecule has 0 spiro atoms. The Kier molecular flexibility index (Phi) is 4.65. The largest absolute Gasteiger partial charge is 0.492 e. The first-order valence-corrected chi connectivity index (χ1v) is 6.85. The number of amides is 1. The summed E-state index contributed by atoms with van der Waals surface area (Å²) < 4.78 is 5.34. The van der Waals surface area contributed by atoms with Crippen LogP contribution in [-0.4, -0.2) is 17.5 Å². The van der Waals surface area contributed by atoms with Crippen LogP contribution in [0.15, 0.2) is 30.5 Å². The Morgan fingerprint density at radius 2 is 2.19 bits per heavy atom. The molecule has 1 aromatic heterocycles. The Morgan fingerprint density at radius 3 is 2.81 bits per heavy atom. The molecule has 0 aliphatic heterocycles. The van der Waals surface area contributed by atoms with E-state index in [1.807, 2.05) is 13.8 Å². The van der Waals surface area contributed by atoms with Gasteiger partial charge in [0.05, 0.1) is 18.0 Å². The van der Waals surface area contributed by atoms with E-state index in [2.05, 4.69) is 10.3 Å². The van der Waals surface area contributed by atoms with Crippen LogP contribution in [0.5, 0.6) is 5.75 Å². The van der Waals surface area contributed by atoms with Crippen molar-refractivity contribution in [2.75, 3.05) is 17.7 Å². The van der Waals surface area contributed by atoms with Crippen LogP contribution in [0.2, 0.25) is 5.15 Å². The molecule has 5 nitrogen and oxygen atoms in total. The molecule has 0 fully saturated rings. The zero-order chi connectivity index (χ0) is 15.4. The molecule has 0 radical (unpaired) electrons. The van der Waals surface area contributed by atoms with Crippen LogP contribution < -0.4 is 15.8 Å². The van der Waals surface area contributed by atoms with Gasteiger partial charge in [-0.1, -0.05) is 11.6 Å². The van der Waals surface area contributed by atoms with E-state index in [9.17, 15) is 4.79 Å². The van der Waals surface area contributed by atoms with Gasteiger partial charge >= 0.3 is 0 Å². The number of rotatable bonds is 4. The van der Waals surface area contributed by atoms with Gasteiger partial charge in [0, 0.05) is 11.8 Å². The van der Waals surface area contributed by atoms with Crippen molar-refractivity contribution in [3.63, 3.8) is 0 Å². The lowest BCUT2D eigenvalue weighted by Crippen LogP contribution is -2.14. The third kappa shape index (κ3) is 3.44. The molecule has 0 aliphatic carbocycles. The molecule has 0 unspecified atom stereocenters. The summed E-state index contributed by atoms with van der Waals surface area (Å²) in [5, 5.41) is 3.00. The number of aromatic nitrogens is 1. The van der Waals surface area contributed by atoms with Gasteiger partial charge in [-0.25, -0.2) is 4.98 Å². The SMILES string of the molecule is CCOc1ccc(C(=O)Nc2c(C)ccnc2Cl)cc1N. The van der Waals surface area contributed by atoms with Crippen molar-refractivity contribution in [1.82, 2.24) is 4.98 Å². The first-order chi connectivity index (χ1) is 10.0. The number of carbonyl (C=O) groups is 1. The van der Waals surface area contributed by atoms with Gasteiger partial charge in [0.15, 0.2) is 5.15 Å². The molecule has 110 valence electrons. The average molecular weight is 306 g/mol. The summed E-state index contributed by atoms with van der Waals surface area (Å²) in [6.07, 6.45) is 1.59. The van der Waals surface area contributed by atoms with Crippen molar-refractivity contribution in [2.45, 2.75) is 13.8 Å². The number of benzene rings is 1. The number of nitrogens with two attached hydrogens (primary N) is 1. The van der Waals surface area contributed by atoms with E-state index in [4.69, 9.17) is 22.1 Å². The van der Waals surface area contributed by atoms with Crippen molar-refractivity contribution in [3.05, 3.63) is 46.7 Å². The van der Waals surface area contributed by atoms with Crippen molar-refractivity contribution in [2.24, 2.45) is 0 Å². The molecule has 2 rings (SSSR count).